The minimum absolute atomic E-state index is 0. The van der Waals surface area contributed by atoms with Crippen molar-refractivity contribution in [3.63, 3.8) is 0 Å². The van der Waals surface area contributed by atoms with Crippen LogP contribution in [0.5, 0.6) is 0 Å². The Labute approximate surface area is 71.0 Å². The van der Waals surface area contributed by atoms with Gasteiger partial charge in [-0.1, -0.05) is 0 Å². The van der Waals surface area contributed by atoms with Crippen molar-refractivity contribution >= 4 is 0 Å². The van der Waals surface area contributed by atoms with Crippen LogP contribution in [0.2, 0.25) is 0 Å². The van der Waals surface area contributed by atoms with Crippen molar-refractivity contribution in [1.29, 1.82) is 0 Å². The fourth-order valence-electron chi connectivity index (χ4n) is 0. The molecule has 0 amide bonds. The first-order valence-electron chi connectivity index (χ1n) is 0. The molecule has 0 aromatic heterocycles. The molecule has 6 heavy (non-hydrogen) atoms. The van der Waals surface area contributed by atoms with Gasteiger partial charge >= 0.3 is 21.7 Å². The summed E-state index contributed by atoms with van der Waals surface area (Å²) in [6.07, 6.45) is 0. The van der Waals surface area contributed by atoms with Crippen molar-refractivity contribution in [1.82, 2.24) is 0 Å². The molecule has 0 aliphatic heterocycles. The van der Waals surface area contributed by atoms with E-state index in [0.29, 0.717) is 0 Å². The molecule has 0 unspecified atom stereocenters. The normalized spacial score (nSPS) is 0. The second-order valence-corrected chi connectivity index (χ2v) is 0. The minimum Gasteiger partial charge on any atom is -0.412 e. The maximum absolute atomic E-state index is 0. The summed E-state index contributed by atoms with van der Waals surface area (Å²) in [5.41, 5.74) is 0. The molecule has 0 aliphatic rings. The average molecular weight is 159 g/mol. The van der Waals surface area contributed by atoms with Gasteiger partial charge in [0, 0.05) is 21.7 Å². The quantitative estimate of drug-likeness (QED) is 0.364. The molecule has 0 saturated heterocycles. The van der Waals surface area contributed by atoms with Crippen LogP contribution in [0.1, 0.15) is 0 Å². The summed E-state index contributed by atoms with van der Waals surface area (Å²) in [6.45, 7) is 0. The zero-order valence-corrected chi connectivity index (χ0v) is 7.62. The van der Waals surface area contributed by atoms with Gasteiger partial charge in [0.25, 0.3) is 0 Å². The molecule has 0 bridgehead atoms. The number of hydrogen-bond donors (Lipinski definition) is 0. The van der Waals surface area contributed by atoms with Crippen LogP contribution in [0.4, 0.5) is 0 Å². The Bertz CT molecular complexity index is 8.75. The summed E-state index contributed by atoms with van der Waals surface area (Å²) in [6, 6.07) is 0. The molecule has 0 aromatic rings. The first-order valence-corrected chi connectivity index (χ1v) is 0. The predicted octanol–water partition coefficient (Wildman–Crippen LogP) is 0.521. The van der Waals surface area contributed by atoms with Crippen molar-refractivity contribution < 1.29 is 48.9 Å². The fourth-order valence-corrected chi connectivity index (χ4v) is 0. The maximum atomic E-state index is 0. The Morgan fingerprint density at radius 2 is 0.667 bits per heavy atom. The van der Waals surface area contributed by atoms with Gasteiger partial charge in [-0.3, -0.25) is 0 Å². The predicted molar refractivity (Wildman–Crippen MR) is 22.9 cm³/mol. The van der Waals surface area contributed by atoms with Gasteiger partial charge in [0.05, 0.1) is 0 Å². The molecule has 0 aliphatic carbocycles. The molecule has 0 fully saturated rings. The molecule has 0 heterocycles. The van der Waals surface area contributed by atoms with Crippen LogP contribution < -0.4 is 0 Å². The first-order chi connectivity index (χ1) is 0. The van der Waals surface area contributed by atoms with Crippen LogP contribution in [0.15, 0.2) is 0 Å². The molecule has 0 rings (SSSR count). The Hall–Kier alpha value is 1.39. The van der Waals surface area contributed by atoms with Gasteiger partial charge in [-0.05, 0) is 0 Å². The molecule has 0 saturated carbocycles. The van der Waals surface area contributed by atoms with Crippen molar-refractivity contribution in [2.24, 2.45) is 0 Å². The molecule has 0 radical (unpaired) electrons. The summed E-state index contributed by atoms with van der Waals surface area (Å²) in [4.78, 5) is 0. The summed E-state index contributed by atoms with van der Waals surface area (Å²) in [5.74, 6) is 0. The van der Waals surface area contributed by atoms with Gasteiger partial charge in [-0.15, -0.1) is 0 Å². The Morgan fingerprint density at radius 3 is 0.667 bits per heavy atom. The maximum Gasteiger partial charge on any atom is 2.00 e. The van der Waals surface area contributed by atoms with Gasteiger partial charge in [0.2, 0.25) is 0 Å². The molecule has 0 atom stereocenters. The van der Waals surface area contributed by atoms with E-state index < -0.39 is 0 Å². The van der Waals surface area contributed by atoms with E-state index in [9.17, 15) is 0 Å². The Kier molecular flexibility index (Phi) is 2510. The van der Waals surface area contributed by atoms with E-state index >= 15 is 0 Å². The van der Waals surface area contributed by atoms with Crippen molar-refractivity contribution in [3.8, 4) is 0 Å². The van der Waals surface area contributed by atoms with E-state index in [1.54, 1.807) is 0 Å². The van der Waals surface area contributed by atoms with Gasteiger partial charge < -0.3 is 27.8 Å². The van der Waals surface area contributed by atoms with E-state index in [0.717, 1.165) is 0 Å². The van der Waals surface area contributed by atoms with Crippen LogP contribution in [-0.2, 0) is 43.4 Å². The molecular formula is C3H11OTi2-. The van der Waals surface area contributed by atoms with Crippen molar-refractivity contribution in [2.75, 3.05) is 0 Å². The summed E-state index contributed by atoms with van der Waals surface area (Å²) in [7, 11) is 0. The number of rotatable bonds is 0. The molecular weight excluding hydrogens is 148 g/mol. The van der Waals surface area contributed by atoms with E-state index in [1.807, 2.05) is 0 Å². The summed E-state index contributed by atoms with van der Waals surface area (Å²) >= 11 is 0. The van der Waals surface area contributed by atoms with E-state index in [1.165, 1.54) is 0 Å². The smallest absolute Gasteiger partial charge is 0.412 e. The van der Waals surface area contributed by atoms with E-state index in [2.05, 4.69) is 0 Å². The second-order valence-electron chi connectivity index (χ2n) is 0. The van der Waals surface area contributed by atoms with Crippen LogP contribution in [0.3, 0.4) is 0 Å². The average Bonchev–Trinajstić information content (AvgIpc) is 0. The first kappa shape index (κ1) is 156. The third kappa shape index (κ3) is 53.8. The van der Waals surface area contributed by atoms with Crippen molar-refractivity contribution in [2.45, 2.75) is 0 Å². The zero-order chi connectivity index (χ0) is 0. The van der Waals surface area contributed by atoms with Gasteiger partial charge in [-0.2, -0.15) is 0 Å². The molecule has 0 spiro atoms. The third-order valence-corrected chi connectivity index (χ3v) is 0. The number of hydrogen-bond acceptors (Lipinski definition) is 0. The fraction of sp³-hybridized carbons (Fsp3) is 0. The van der Waals surface area contributed by atoms with Crippen LogP contribution in [0, 0.1) is 22.3 Å². The minimum atomic E-state index is 0. The molecule has 0 aromatic carbocycles. The Morgan fingerprint density at radius 1 is 0.667 bits per heavy atom. The molecule has 38 valence electrons. The third-order valence-electron chi connectivity index (χ3n) is 0. The van der Waals surface area contributed by atoms with Crippen LogP contribution >= 0.6 is 0 Å². The topological polar surface area (TPSA) is 31.5 Å². The molecule has 1 nitrogen and oxygen atoms in total. The Balaban J connectivity index is 0. The van der Waals surface area contributed by atoms with Gasteiger partial charge in [0.15, 0.2) is 0 Å². The standard InChI is InChI=1S/3CH3.H2O.2Ti/h3*1H3;1H2;;/q3*-1;;;+2. The molecule has 2 N–H and O–H groups in total. The zero-order valence-electron chi connectivity index (χ0n) is 4.50. The van der Waals surface area contributed by atoms with E-state index in [4.69, 9.17) is 0 Å². The SMILES string of the molecule is O.[CH3-].[CH3-].[CH3-].[Ti+2].[Ti]. The second kappa shape index (κ2) is 96.2. The summed E-state index contributed by atoms with van der Waals surface area (Å²) < 4.78 is 0. The van der Waals surface area contributed by atoms with Gasteiger partial charge in [-0.25, -0.2) is 0 Å². The van der Waals surface area contributed by atoms with Crippen LogP contribution in [0.25, 0.3) is 0 Å². The van der Waals surface area contributed by atoms with E-state index in [-0.39, 0.29) is 71.2 Å². The van der Waals surface area contributed by atoms with Gasteiger partial charge in [0.1, 0.15) is 0 Å². The summed E-state index contributed by atoms with van der Waals surface area (Å²) in [5, 5.41) is 0. The molecule has 3 heteroatoms. The van der Waals surface area contributed by atoms with Crippen molar-refractivity contribution in [3.05, 3.63) is 22.3 Å². The monoisotopic (exact) mass is 159 g/mol. The van der Waals surface area contributed by atoms with Crippen LogP contribution in [-0.4, -0.2) is 5.48 Å². The largest absolute Gasteiger partial charge is 2.00 e.